The maximum Gasteiger partial charge on any atom is 0.244 e. The molecule has 0 aliphatic heterocycles. The summed E-state index contributed by atoms with van der Waals surface area (Å²) in [7, 11) is 0. The van der Waals surface area contributed by atoms with Gasteiger partial charge < -0.3 is 11.1 Å². The van der Waals surface area contributed by atoms with E-state index in [4.69, 9.17) is 17.3 Å². The molecule has 0 fully saturated rings. The zero-order chi connectivity index (χ0) is 16.3. The second-order valence-corrected chi connectivity index (χ2v) is 5.33. The number of carbonyl (C=O) groups is 2. The zero-order valence-electron chi connectivity index (χ0n) is 12.3. The summed E-state index contributed by atoms with van der Waals surface area (Å²) in [5.41, 5.74) is 7.36. The number of nitrogens with two attached hydrogens (primary N) is 1. The first-order valence-electron chi connectivity index (χ1n) is 6.73. The van der Waals surface area contributed by atoms with Gasteiger partial charge in [-0.2, -0.15) is 5.10 Å². The first-order valence-corrected chi connectivity index (χ1v) is 7.11. The van der Waals surface area contributed by atoms with E-state index in [1.54, 1.807) is 38.1 Å². The predicted molar refractivity (Wildman–Crippen MR) is 83.2 cm³/mol. The van der Waals surface area contributed by atoms with Crippen LogP contribution >= 0.6 is 11.6 Å². The minimum absolute atomic E-state index is 0.0317. The number of amides is 2. The molecule has 0 saturated heterocycles. The Morgan fingerprint density at radius 3 is 2.45 bits per heavy atom. The molecule has 1 heterocycles. The first kappa shape index (κ1) is 16.0. The third-order valence-corrected chi connectivity index (χ3v) is 3.86. The van der Waals surface area contributed by atoms with E-state index in [2.05, 4.69) is 10.4 Å². The van der Waals surface area contributed by atoms with Crippen LogP contribution in [0, 0.1) is 13.8 Å². The summed E-state index contributed by atoms with van der Waals surface area (Å²) in [6.07, 6.45) is 0. The molecule has 3 N–H and O–H groups in total. The van der Waals surface area contributed by atoms with Gasteiger partial charge in [-0.05, 0) is 19.4 Å². The SMILES string of the molecule is Cc1nn(CC(=O)N[C@H](C(N)=O)c2ccccc2)c(C)c1Cl. The first-order chi connectivity index (χ1) is 10.4. The molecule has 22 heavy (non-hydrogen) atoms. The molecule has 0 bridgehead atoms. The Morgan fingerprint density at radius 2 is 1.95 bits per heavy atom. The van der Waals surface area contributed by atoms with Gasteiger partial charge in [0.15, 0.2) is 0 Å². The fourth-order valence-electron chi connectivity index (χ4n) is 2.14. The highest BCUT2D eigenvalue weighted by Gasteiger charge is 2.21. The third kappa shape index (κ3) is 3.46. The number of aryl methyl sites for hydroxylation is 1. The number of hydrogen-bond acceptors (Lipinski definition) is 3. The van der Waals surface area contributed by atoms with Crippen LogP contribution in [0.15, 0.2) is 30.3 Å². The van der Waals surface area contributed by atoms with Crippen molar-refractivity contribution in [2.75, 3.05) is 0 Å². The van der Waals surface area contributed by atoms with E-state index in [0.29, 0.717) is 22.0 Å². The van der Waals surface area contributed by atoms with Crippen LogP contribution < -0.4 is 11.1 Å². The molecule has 1 aromatic carbocycles. The molecule has 7 heteroatoms. The Bertz CT molecular complexity index is 697. The average molecular weight is 321 g/mol. The summed E-state index contributed by atoms with van der Waals surface area (Å²) in [4.78, 5) is 23.7. The van der Waals surface area contributed by atoms with Crippen molar-refractivity contribution in [3.63, 3.8) is 0 Å². The number of rotatable bonds is 5. The molecule has 1 aromatic heterocycles. The Labute approximate surface area is 133 Å². The van der Waals surface area contributed by atoms with Gasteiger partial charge in [0.25, 0.3) is 0 Å². The van der Waals surface area contributed by atoms with E-state index in [9.17, 15) is 9.59 Å². The molecule has 6 nitrogen and oxygen atoms in total. The van der Waals surface area contributed by atoms with Gasteiger partial charge in [-0.3, -0.25) is 14.3 Å². The molecule has 1 atom stereocenters. The van der Waals surface area contributed by atoms with Crippen molar-refractivity contribution < 1.29 is 9.59 Å². The molecule has 2 amide bonds. The van der Waals surface area contributed by atoms with Crippen LogP contribution in [0.3, 0.4) is 0 Å². The van der Waals surface area contributed by atoms with Gasteiger partial charge in [0, 0.05) is 0 Å². The molecule has 0 saturated carbocycles. The van der Waals surface area contributed by atoms with Crippen LogP contribution in [0.1, 0.15) is 23.0 Å². The summed E-state index contributed by atoms with van der Waals surface area (Å²) >= 11 is 6.04. The van der Waals surface area contributed by atoms with Gasteiger partial charge in [0.2, 0.25) is 11.8 Å². The second kappa shape index (κ2) is 6.62. The minimum Gasteiger partial charge on any atom is -0.368 e. The van der Waals surface area contributed by atoms with Crippen molar-refractivity contribution in [2.24, 2.45) is 5.73 Å². The van der Waals surface area contributed by atoms with Gasteiger partial charge >= 0.3 is 0 Å². The van der Waals surface area contributed by atoms with Crippen LogP contribution in [-0.4, -0.2) is 21.6 Å². The van der Waals surface area contributed by atoms with Crippen molar-refractivity contribution in [3.05, 3.63) is 52.3 Å². The number of nitrogens with zero attached hydrogens (tertiary/aromatic N) is 2. The highest BCUT2D eigenvalue weighted by molar-refractivity contribution is 6.31. The molecular formula is C15H17ClN4O2. The second-order valence-electron chi connectivity index (χ2n) is 4.96. The fraction of sp³-hybridized carbons (Fsp3) is 0.267. The quantitative estimate of drug-likeness (QED) is 0.874. The summed E-state index contributed by atoms with van der Waals surface area (Å²) in [6.45, 7) is 3.51. The number of carbonyl (C=O) groups excluding carboxylic acids is 2. The summed E-state index contributed by atoms with van der Waals surface area (Å²) in [5.74, 6) is -0.985. The zero-order valence-corrected chi connectivity index (χ0v) is 13.1. The van der Waals surface area contributed by atoms with E-state index < -0.39 is 11.9 Å². The number of halogens is 1. The number of hydrogen-bond donors (Lipinski definition) is 2. The molecule has 0 aliphatic rings. The van der Waals surface area contributed by atoms with E-state index in [1.807, 2.05) is 6.07 Å². The molecule has 0 spiro atoms. The lowest BCUT2D eigenvalue weighted by atomic mass is 10.1. The normalized spacial score (nSPS) is 12.0. The Balaban J connectivity index is 2.12. The summed E-state index contributed by atoms with van der Waals surface area (Å²) in [5, 5.41) is 7.33. The lowest BCUT2D eigenvalue weighted by Crippen LogP contribution is -2.39. The molecule has 116 valence electrons. The van der Waals surface area contributed by atoms with Crippen LogP contribution in [0.25, 0.3) is 0 Å². The van der Waals surface area contributed by atoms with Crippen molar-refractivity contribution in [1.29, 1.82) is 0 Å². The van der Waals surface area contributed by atoms with Gasteiger partial charge in [-0.1, -0.05) is 41.9 Å². The standard InChI is InChI=1S/C15H17ClN4O2/c1-9-13(16)10(2)20(19-9)8-12(21)18-14(15(17)22)11-6-4-3-5-7-11/h3-7,14H,8H2,1-2H3,(H2,17,22)(H,18,21)/t14-/m0/s1. The molecule has 0 aliphatic carbocycles. The van der Waals surface area contributed by atoms with Crippen LogP contribution in [0.2, 0.25) is 5.02 Å². The molecule has 0 unspecified atom stereocenters. The number of aromatic nitrogens is 2. The van der Waals surface area contributed by atoms with Crippen molar-refractivity contribution >= 4 is 23.4 Å². The number of benzene rings is 1. The smallest absolute Gasteiger partial charge is 0.244 e. The average Bonchev–Trinajstić information content (AvgIpc) is 2.72. The predicted octanol–water partition coefficient (Wildman–Crippen LogP) is 1.50. The van der Waals surface area contributed by atoms with Crippen LogP contribution in [-0.2, 0) is 16.1 Å². The highest BCUT2D eigenvalue weighted by atomic mass is 35.5. The lowest BCUT2D eigenvalue weighted by Gasteiger charge is -2.16. The molecule has 0 radical (unpaired) electrons. The van der Waals surface area contributed by atoms with Crippen LogP contribution in [0.4, 0.5) is 0 Å². The third-order valence-electron chi connectivity index (χ3n) is 3.31. The molecular weight excluding hydrogens is 304 g/mol. The Morgan fingerprint density at radius 1 is 1.32 bits per heavy atom. The maximum absolute atomic E-state index is 12.2. The van der Waals surface area contributed by atoms with E-state index in [1.165, 1.54) is 4.68 Å². The highest BCUT2D eigenvalue weighted by Crippen LogP contribution is 2.19. The van der Waals surface area contributed by atoms with Crippen LogP contribution in [0.5, 0.6) is 0 Å². The topological polar surface area (TPSA) is 90.0 Å². The van der Waals surface area contributed by atoms with E-state index in [-0.39, 0.29) is 12.5 Å². The minimum atomic E-state index is -0.874. The Kier molecular flexibility index (Phi) is 4.82. The fourth-order valence-corrected chi connectivity index (χ4v) is 2.27. The summed E-state index contributed by atoms with van der Waals surface area (Å²) in [6, 6.07) is 7.96. The van der Waals surface area contributed by atoms with E-state index in [0.717, 1.165) is 0 Å². The van der Waals surface area contributed by atoms with Gasteiger partial charge in [0.1, 0.15) is 12.6 Å². The Hall–Kier alpha value is -2.34. The van der Waals surface area contributed by atoms with Gasteiger partial charge in [-0.15, -0.1) is 0 Å². The maximum atomic E-state index is 12.2. The largest absolute Gasteiger partial charge is 0.368 e. The molecule has 2 aromatic rings. The number of primary amides is 1. The van der Waals surface area contributed by atoms with E-state index >= 15 is 0 Å². The van der Waals surface area contributed by atoms with Gasteiger partial charge in [-0.25, -0.2) is 0 Å². The number of nitrogens with one attached hydrogen (secondary N) is 1. The monoisotopic (exact) mass is 320 g/mol. The van der Waals surface area contributed by atoms with Gasteiger partial charge in [0.05, 0.1) is 16.4 Å². The molecule has 2 rings (SSSR count). The van der Waals surface area contributed by atoms with Crippen molar-refractivity contribution in [2.45, 2.75) is 26.4 Å². The summed E-state index contributed by atoms with van der Waals surface area (Å²) < 4.78 is 1.50. The van der Waals surface area contributed by atoms with Crippen molar-refractivity contribution in [1.82, 2.24) is 15.1 Å². The lowest BCUT2D eigenvalue weighted by molar-refractivity contribution is -0.128. The van der Waals surface area contributed by atoms with Crippen molar-refractivity contribution in [3.8, 4) is 0 Å².